The Morgan fingerprint density at radius 3 is 2.44 bits per heavy atom. The number of carbonyl (C=O) groups is 2. The van der Waals surface area contributed by atoms with Gasteiger partial charge in [0.1, 0.15) is 0 Å². The third kappa shape index (κ3) is 4.17. The number of amides is 2. The summed E-state index contributed by atoms with van der Waals surface area (Å²) in [6, 6.07) is 15.4. The summed E-state index contributed by atoms with van der Waals surface area (Å²) >= 11 is 3.95. The Kier molecular flexibility index (Phi) is 5.74. The van der Waals surface area contributed by atoms with Crippen LogP contribution in [-0.2, 0) is 4.79 Å². The van der Waals surface area contributed by atoms with Crippen molar-refractivity contribution < 1.29 is 9.59 Å². The van der Waals surface area contributed by atoms with Gasteiger partial charge in [-0.05, 0) is 54.2 Å². The number of nitrogens with one attached hydrogen (secondary N) is 1. The van der Waals surface area contributed by atoms with Gasteiger partial charge in [0, 0.05) is 18.5 Å². The quantitative estimate of drug-likeness (QED) is 0.793. The van der Waals surface area contributed by atoms with Gasteiger partial charge < -0.3 is 10.2 Å². The van der Waals surface area contributed by atoms with Gasteiger partial charge in [0.25, 0.3) is 5.91 Å². The zero-order chi connectivity index (χ0) is 18.6. The number of carbonyl (C=O) groups excluding carboxylic acids is 2. The van der Waals surface area contributed by atoms with Crippen molar-refractivity contribution in [1.29, 1.82) is 0 Å². The molecule has 140 valence electrons. The Labute approximate surface area is 168 Å². The summed E-state index contributed by atoms with van der Waals surface area (Å²) in [7, 11) is 0. The van der Waals surface area contributed by atoms with Gasteiger partial charge in [0.2, 0.25) is 5.91 Å². The van der Waals surface area contributed by atoms with E-state index >= 15 is 0 Å². The number of thioether (sulfide) groups is 2. The highest BCUT2D eigenvalue weighted by molar-refractivity contribution is 8.16. The second kappa shape index (κ2) is 8.40. The molecule has 1 N–H and O–H groups in total. The largest absolute Gasteiger partial charge is 0.320 e. The standard InChI is InChI=1S/C21H22N2O2S2/c24-19-7-3-12-23(19)18-6-2-1-5-17(18)22-20(25)15-8-10-16(11-9-15)21-26-13-4-14-27-21/h1-2,5-6,8-11,21H,3-4,7,12-14H2,(H,22,25). The molecule has 6 heteroatoms. The van der Waals surface area contributed by atoms with Crippen LogP contribution in [0.2, 0.25) is 0 Å². The van der Waals surface area contributed by atoms with Crippen LogP contribution in [-0.4, -0.2) is 29.9 Å². The van der Waals surface area contributed by atoms with Crippen LogP contribution >= 0.6 is 23.5 Å². The minimum Gasteiger partial charge on any atom is -0.320 e. The summed E-state index contributed by atoms with van der Waals surface area (Å²) in [4.78, 5) is 26.6. The average molecular weight is 399 g/mol. The molecule has 0 saturated carbocycles. The third-order valence-electron chi connectivity index (χ3n) is 4.79. The Hall–Kier alpha value is -1.92. The molecule has 4 rings (SSSR count). The molecule has 2 saturated heterocycles. The maximum Gasteiger partial charge on any atom is 0.255 e. The summed E-state index contributed by atoms with van der Waals surface area (Å²) in [5, 5.41) is 2.98. The summed E-state index contributed by atoms with van der Waals surface area (Å²) in [5.74, 6) is 2.37. The molecule has 2 aliphatic heterocycles. The van der Waals surface area contributed by atoms with E-state index in [0.29, 0.717) is 28.8 Å². The number of rotatable bonds is 4. The van der Waals surface area contributed by atoms with Gasteiger partial charge in [-0.3, -0.25) is 9.59 Å². The molecular weight excluding hydrogens is 376 g/mol. The number of benzene rings is 2. The van der Waals surface area contributed by atoms with E-state index in [1.165, 1.54) is 23.5 Å². The lowest BCUT2D eigenvalue weighted by molar-refractivity contribution is -0.117. The first-order valence-electron chi connectivity index (χ1n) is 9.26. The molecule has 0 aromatic heterocycles. The van der Waals surface area contributed by atoms with E-state index in [2.05, 4.69) is 17.4 Å². The first-order valence-corrected chi connectivity index (χ1v) is 11.4. The van der Waals surface area contributed by atoms with Crippen LogP contribution in [0.3, 0.4) is 0 Å². The number of anilines is 2. The fourth-order valence-corrected chi connectivity index (χ4v) is 6.28. The van der Waals surface area contributed by atoms with Crippen molar-refractivity contribution in [2.45, 2.75) is 23.8 Å². The zero-order valence-corrected chi connectivity index (χ0v) is 16.7. The molecule has 2 amide bonds. The highest BCUT2D eigenvalue weighted by Gasteiger charge is 2.24. The van der Waals surface area contributed by atoms with Crippen molar-refractivity contribution in [2.75, 3.05) is 28.3 Å². The van der Waals surface area contributed by atoms with E-state index < -0.39 is 0 Å². The molecule has 0 bridgehead atoms. The maximum absolute atomic E-state index is 12.7. The zero-order valence-electron chi connectivity index (χ0n) is 15.0. The van der Waals surface area contributed by atoms with Crippen LogP contribution in [0.1, 0.15) is 39.8 Å². The van der Waals surface area contributed by atoms with E-state index in [9.17, 15) is 9.59 Å². The third-order valence-corrected chi connectivity index (χ3v) is 7.80. The Balaban J connectivity index is 1.49. The summed E-state index contributed by atoms with van der Waals surface area (Å²) in [6.45, 7) is 0.705. The number of nitrogens with zero attached hydrogens (tertiary/aromatic N) is 1. The predicted octanol–water partition coefficient (Wildman–Crippen LogP) is 4.93. The van der Waals surface area contributed by atoms with Gasteiger partial charge in [-0.1, -0.05) is 24.3 Å². The van der Waals surface area contributed by atoms with Crippen molar-refractivity contribution in [3.8, 4) is 0 Å². The van der Waals surface area contributed by atoms with Gasteiger partial charge >= 0.3 is 0 Å². The van der Waals surface area contributed by atoms with Gasteiger partial charge in [0.05, 0.1) is 16.0 Å². The lowest BCUT2D eigenvalue weighted by Gasteiger charge is -2.21. The highest BCUT2D eigenvalue weighted by Crippen LogP contribution is 2.43. The van der Waals surface area contributed by atoms with Crippen LogP contribution in [0, 0.1) is 0 Å². The smallest absolute Gasteiger partial charge is 0.255 e. The van der Waals surface area contributed by atoms with Crippen molar-refractivity contribution in [2.24, 2.45) is 0 Å². The molecule has 2 aromatic carbocycles. The SMILES string of the molecule is O=C(Nc1ccccc1N1CCCC1=O)c1ccc(C2SCCCS2)cc1. The van der Waals surface area contributed by atoms with E-state index in [1.807, 2.05) is 59.9 Å². The van der Waals surface area contributed by atoms with E-state index in [1.54, 1.807) is 4.90 Å². The fourth-order valence-electron chi connectivity index (χ4n) is 3.38. The van der Waals surface area contributed by atoms with Crippen LogP contribution in [0.4, 0.5) is 11.4 Å². The van der Waals surface area contributed by atoms with Crippen molar-refractivity contribution in [1.82, 2.24) is 0 Å². The molecule has 2 aromatic rings. The average Bonchev–Trinajstić information content (AvgIpc) is 3.15. The van der Waals surface area contributed by atoms with Gasteiger partial charge in [0.15, 0.2) is 0 Å². The molecule has 2 fully saturated rings. The Morgan fingerprint density at radius 1 is 1.00 bits per heavy atom. The molecular formula is C21H22N2O2S2. The number of hydrogen-bond acceptors (Lipinski definition) is 4. The molecule has 2 aliphatic rings. The fraction of sp³-hybridized carbons (Fsp3) is 0.333. The van der Waals surface area contributed by atoms with Gasteiger partial charge in [-0.15, -0.1) is 23.5 Å². The van der Waals surface area contributed by atoms with Crippen LogP contribution in [0.15, 0.2) is 48.5 Å². The first kappa shape index (κ1) is 18.4. The van der Waals surface area contributed by atoms with Crippen molar-refractivity contribution in [3.05, 3.63) is 59.7 Å². The predicted molar refractivity (Wildman–Crippen MR) is 115 cm³/mol. The van der Waals surface area contributed by atoms with E-state index in [4.69, 9.17) is 0 Å². The first-order chi connectivity index (χ1) is 13.2. The monoisotopic (exact) mass is 398 g/mol. The topological polar surface area (TPSA) is 49.4 Å². The highest BCUT2D eigenvalue weighted by atomic mass is 32.2. The molecule has 2 heterocycles. The molecule has 27 heavy (non-hydrogen) atoms. The minimum absolute atomic E-state index is 0.114. The van der Waals surface area contributed by atoms with E-state index in [-0.39, 0.29) is 11.8 Å². The number of para-hydroxylation sites is 2. The lowest BCUT2D eigenvalue weighted by Crippen LogP contribution is -2.25. The Morgan fingerprint density at radius 2 is 1.74 bits per heavy atom. The van der Waals surface area contributed by atoms with Crippen LogP contribution in [0.5, 0.6) is 0 Å². The lowest BCUT2D eigenvalue weighted by atomic mass is 10.1. The summed E-state index contributed by atoms with van der Waals surface area (Å²) in [5.41, 5.74) is 3.36. The molecule has 0 aliphatic carbocycles. The minimum atomic E-state index is -0.149. The summed E-state index contributed by atoms with van der Waals surface area (Å²) < 4.78 is 0.470. The van der Waals surface area contributed by atoms with Gasteiger partial charge in [-0.2, -0.15) is 0 Å². The number of hydrogen-bond donors (Lipinski definition) is 1. The molecule has 0 atom stereocenters. The molecule has 0 unspecified atom stereocenters. The second-order valence-electron chi connectivity index (χ2n) is 6.67. The van der Waals surface area contributed by atoms with Crippen molar-refractivity contribution in [3.63, 3.8) is 0 Å². The van der Waals surface area contributed by atoms with E-state index in [0.717, 1.165) is 12.1 Å². The van der Waals surface area contributed by atoms with Crippen LogP contribution < -0.4 is 10.2 Å². The molecule has 0 spiro atoms. The van der Waals surface area contributed by atoms with Gasteiger partial charge in [-0.25, -0.2) is 0 Å². The summed E-state index contributed by atoms with van der Waals surface area (Å²) in [6.07, 6.45) is 2.70. The Bertz CT molecular complexity index is 832. The normalized spacial score (nSPS) is 17.9. The molecule has 4 nitrogen and oxygen atoms in total. The second-order valence-corrected chi connectivity index (χ2v) is 9.39. The molecule has 0 radical (unpaired) electrons. The van der Waals surface area contributed by atoms with Crippen molar-refractivity contribution >= 4 is 46.7 Å². The van der Waals surface area contributed by atoms with Crippen LogP contribution in [0.25, 0.3) is 0 Å². The maximum atomic E-state index is 12.7.